The molecule has 146 valence electrons. The molecular weight excluding hydrogens is 423 g/mol. The molecule has 0 fully saturated rings. The Morgan fingerprint density at radius 2 is 0.821 bits per heavy atom. The van der Waals surface area contributed by atoms with Crippen molar-refractivity contribution in [2.24, 2.45) is 0 Å². The van der Waals surface area contributed by atoms with Gasteiger partial charge in [0.1, 0.15) is 23.2 Å². The molecule has 3 aromatic carbocycles. The number of hydrogen-bond acceptors (Lipinski definition) is 0. The van der Waals surface area contributed by atoms with E-state index in [0.29, 0.717) is 0 Å². The number of alkyl halides is 1. The van der Waals surface area contributed by atoms with Gasteiger partial charge >= 0.3 is 0 Å². The first-order chi connectivity index (χ1) is 13.9. The highest BCUT2D eigenvalue weighted by Gasteiger charge is 2.44. The summed E-state index contributed by atoms with van der Waals surface area (Å²) in [5.74, 6) is 0. The van der Waals surface area contributed by atoms with Crippen molar-refractivity contribution in [3.05, 3.63) is 91.0 Å². The van der Waals surface area contributed by atoms with Crippen LogP contribution in [0.1, 0.15) is 38.5 Å². The molecule has 0 amide bonds. The second kappa shape index (κ2) is 11.5. The van der Waals surface area contributed by atoms with E-state index in [2.05, 4.69) is 107 Å². The van der Waals surface area contributed by atoms with Gasteiger partial charge in [0.05, 0.1) is 6.16 Å². The SMILES string of the molecule is BrCCCCCCCC[P+](c1ccccc1)(c1ccccc1)c1ccccc1. The lowest BCUT2D eigenvalue weighted by Gasteiger charge is -2.27. The number of unbranched alkanes of at least 4 members (excludes halogenated alkanes) is 5. The third-order valence-corrected chi connectivity index (χ3v) is 10.6. The molecule has 0 aliphatic heterocycles. The monoisotopic (exact) mass is 453 g/mol. The smallest absolute Gasteiger partial charge is 0.0928 e. The van der Waals surface area contributed by atoms with Gasteiger partial charge in [0.25, 0.3) is 0 Å². The molecule has 3 rings (SSSR count). The van der Waals surface area contributed by atoms with Crippen LogP contribution in [0.15, 0.2) is 91.0 Å². The molecule has 0 radical (unpaired) electrons. The summed E-state index contributed by atoms with van der Waals surface area (Å²) in [6.45, 7) is 0. The average molecular weight is 454 g/mol. The Balaban J connectivity index is 1.91. The van der Waals surface area contributed by atoms with Crippen LogP contribution in [0.2, 0.25) is 0 Å². The van der Waals surface area contributed by atoms with Gasteiger partial charge in [-0.05, 0) is 55.7 Å². The molecule has 0 nitrogen and oxygen atoms in total. The predicted molar refractivity (Wildman–Crippen MR) is 132 cm³/mol. The zero-order chi connectivity index (χ0) is 19.5. The zero-order valence-electron chi connectivity index (χ0n) is 16.6. The van der Waals surface area contributed by atoms with Crippen molar-refractivity contribution in [1.82, 2.24) is 0 Å². The number of rotatable bonds is 11. The summed E-state index contributed by atoms with van der Waals surface area (Å²) in [6, 6.07) is 33.7. The van der Waals surface area contributed by atoms with Crippen LogP contribution in [-0.4, -0.2) is 11.5 Å². The highest BCUT2D eigenvalue weighted by atomic mass is 79.9. The minimum atomic E-state index is -1.62. The van der Waals surface area contributed by atoms with E-state index < -0.39 is 7.26 Å². The summed E-state index contributed by atoms with van der Waals surface area (Å²) in [7, 11) is -1.62. The second-order valence-electron chi connectivity index (χ2n) is 7.35. The van der Waals surface area contributed by atoms with Crippen LogP contribution in [0.4, 0.5) is 0 Å². The predicted octanol–water partition coefficient (Wildman–Crippen LogP) is 6.72. The zero-order valence-corrected chi connectivity index (χ0v) is 19.1. The molecule has 0 heterocycles. The van der Waals surface area contributed by atoms with Gasteiger partial charge in [0.2, 0.25) is 0 Å². The van der Waals surface area contributed by atoms with Gasteiger partial charge in [0, 0.05) is 5.33 Å². The van der Waals surface area contributed by atoms with Gasteiger partial charge in [-0.3, -0.25) is 0 Å². The average Bonchev–Trinajstić information content (AvgIpc) is 2.78. The maximum absolute atomic E-state index is 3.54. The quantitative estimate of drug-likeness (QED) is 0.172. The Kier molecular flexibility index (Phi) is 8.77. The Labute approximate surface area is 179 Å². The number of benzene rings is 3. The normalized spacial score (nSPS) is 11.5. The number of halogens is 1. The summed E-state index contributed by atoms with van der Waals surface area (Å²) >= 11 is 3.54. The number of hydrogen-bond donors (Lipinski definition) is 0. The second-order valence-corrected chi connectivity index (χ2v) is 11.8. The highest BCUT2D eigenvalue weighted by Crippen LogP contribution is 2.55. The van der Waals surface area contributed by atoms with E-state index in [4.69, 9.17) is 0 Å². The molecule has 0 atom stereocenters. The first-order valence-corrected chi connectivity index (χ1v) is 13.6. The minimum absolute atomic E-state index is 1.14. The van der Waals surface area contributed by atoms with E-state index >= 15 is 0 Å². The van der Waals surface area contributed by atoms with Crippen LogP contribution < -0.4 is 15.9 Å². The molecule has 0 spiro atoms. The molecule has 0 N–H and O–H groups in total. The van der Waals surface area contributed by atoms with Gasteiger partial charge in [-0.1, -0.05) is 89.8 Å². The van der Waals surface area contributed by atoms with Crippen LogP contribution in [0.3, 0.4) is 0 Å². The van der Waals surface area contributed by atoms with E-state index in [1.165, 1.54) is 60.6 Å². The largest absolute Gasteiger partial charge is 0.112 e. The fourth-order valence-corrected chi connectivity index (χ4v) is 8.84. The Morgan fingerprint density at radius 3 is 1.21 bits per heavy atom. The lowest BCUT2D eigenvalue weighted by Crippen LogP contribution is -2.33. The molecular formula is C26H31BrP+. The molecule has 0 bridgehead atoms. The van der Waals surface area contributed by atoms with Crippen molar-refractivity contribution in [2.45, 2.75) is 38.5 Å². The Morgan fingerprint density at radius 1 is 0.464 bits per heavy atom. The van der Waals surface area contributed by atoms with Crippen molar-refractivity contribution < 1.29 is 0 Å². The topological polar surface area (TPSA) is 0 Å². The fraction of sp³-hybridized carbons (Fsp3) is 0.308. The first kappa shape index (κ1) is 21.3. The van der Waals surface area contributed by atoms with Gasteiger partial charge in [0.15, 0.2) is 0 Å². The van der Waals surface area contributed by atoms with E-state index in [1.54, 1.807) is 0 Å². The summed E-state index contributed by atoms with van der Waals surface area (Å²) in [6.07, 6.45) is 9.24. The van der Waals surface area contributed by atoms with Crippen molar-refractivity contribution in [3.8, 4) is 0 Å². The maximum atomic E-state index is 3.54. The molecule has 0 aromatic heterocycles. The van der Waals surface area contributed by atoms with Crippen LogP contribution >= 0.6 is 23.2 Å². The minimum Gasteiger partial charge on any atom is -0.0928 e. The van der Waals surface area contributed by atoms with Crippen molar-refractivity contribution in [2.75, 3.05) is 11.5 Å². The van der Waals surface area contributed by atoms with Gasteiger partial charge < -0.3 is 0 Å². The van der Waals surface area contributed by atoms with E-state index in [0.717, 1.165) is 5.33 Å². The third-order valence-electron chi connectivity index (χ3n) is 5.47. The lowest BCUT2D eigenvalue weighted by molar-refractivity contribution is 0.629. The van der Waals surface area contributed by atoms with Crippen LogP contribution in [0.25, 0.3) is 0 Å². The van der Waals surface area contributed by atoms with Gasteiger partial charge in [-0.25, -0.2) is 0 Å². The standard InChI is InChI=1S/C26H31BrP/c27-22-14-3-1-2-4-15-23-28(24-16-8-5-9-17-24,25-18-10-6-11-19-25)26-20-12-7-13-21-26/h5-13,16-21H,1-4,14-15,22-23H2/q+1. The summed E-state index contributed by atoms with van der Waals surface area (Å²) < 4.78 is 0. The van der Waals surface area contributed by atoms with Gasteiger partial charge in [-0.2, -0.15) is 0 Å². The van der Waals surface area contributed by atoms with Crippen LogP contribution in [0.5, 0.6) is 0 Å². The fourth-order valence-electron chi connectivity index (χ4n) is 4.03. The molecule has 0 unspecified atom stereocenters. The van der Waals surface area contributed by atoms with E-state index in [9.17, 15) is 0 Å². The summed E-state index contributed by atoms with van der Waals surface area (Å²) in [5.41, 5.74) is 0. The molecule has 0 saturated carbocycles. The van der Waals surface area contributed by atoms with Crippen LogP contribution in [-0.2, 0) is 0 Å². The summed E-state index contributed by atoms with van der Waals surface area (Å²) in [4.78, 5) is 0. The molecule has 3 aromatic rings. The highest BCUT2D eigenvalue weighted by molar-refractivity contribution is 9.09. The molecule has 28 heavy (non-hydrogen) atoms. The Hall–Kier alpha value is -1.43. The van der Waals surface area contributed by atoms with E-state index in [-0.39, 0.29) is 0 Å². The molecule has 0 saturated heterocycles. The van der Waals surface area contributed by atoms with Crippen molar-refractivity contribution >= 4 is 39.1 Å². The van der Waals surface area contributed by atoms with Crippen molar-refractivity contribution in [1.29, 1.82) is 0 Å². The molecule has 0 aliphatic rings. The lowest BCUT2D eigenvalue weighted by atomic mass is 10.1. The molecule has 0 aliphatic carbocycles. The molecule has 2 heteroatoms. The maximum Gasteiger partial charge on any atom is 0.112 e. The third kappa shape index (κ3) is 5.34. The van der Waals surface area contributed by atoms with Crippen LogP contribution in [0, 0.1) is 0 Å². The van der Waals surface area contributed by atoms with Gasteiger partial charge in [-0.15, -0.1) is 0 Å². The Bertz CT molecular complexity index is 690. The first-order valence-electron chi connectivity index (χ1n) is 10.5. The van der Waals surface area contributed by atoms with E-state index in [1.807, 2.05) is 0 Å². The summed E-state index contributed by atoms with van der Waals surface area (Å²) in [5, 5.41) is 5.66. The van der Waals surface area contributed by atoms with Crippen molar-refractivity contribution in [3.63, 3.8) is 0 Å².